The molecule has 0 radical (unpaired) electrons. The zero-order valence-corrected chi connectivity index (χ0v) is 16.0. The lowest BCUT2D eigenvalue weighted by Gasteiger charge is -2.12. The quantitative estimate of drug-likeness (QED) is 0.388. The van der Waals surface area contributed by atoms with Crippen molar-refractivity contribution in [1.29, 1.82) is 0 Å². The largest absolute Gasteiger partial charge is 0.478 e. The Labute approximate surface area is 175 Å². The number of non-ortho nitro benzene ring substituents is 1. The lowest BCUT2D eigenvalue weighted by atomic mass is 10.1. The van der Waals surface area contributed by atoms with Gasteiger partial charge in [0.05, 0.1) is 27.1 Å². The predicted octanol–water partition coefficient (Wildman–Crippen LogP) is 4.16. The molecule has 8 heteroatoms. The molecule has 152 valence electrons. The van der Waals surface area contributed by atoms with Gasteiger partial charge in [-0.05, 0) is 54.1 Å². The molecule has 0 aliphatic heterocycles. The van der Waals surface area contributed by atoms with Crippen LogP contribution in [0.1, 0.15) is 21.7 Å². The van der Waals surface area contributed by atoms with Crippen molar-refractivity contribution in [3.05, 3.63) is 110 Å². The normalized spacial score (nSPS) is 11.1. The third kappa shape index (κ3) is 3.95. The molecule has 0 fully saturated rings. The molecule has 1 N–H and O–H groups in total. The minimum atomic E-state index is -1.10. The molecule has 8 nitrogen and oxygen atoms in total. The van der Waals surface area contributed by atoms with E-state index in [4.69, 9.17) is 0 Å². The number of para-hydroxylation sites is 1. The molecule has 1 heterocycles. The summed E-state index contributed by atoms with van der Waals surface area (Å²) in [6.07, 6.45) is 3.29. The van der Waals surface area contributed by atoms with E-state index in [-0.39, 0.29) is 16.8 Å². The highest BCUT2D eigenvalue weighted by Crippen LogP contribution is 2.18. The number of carboxylic acid groups (broad SMARTS) is 1. The van der Waals surface area contributed by atoms with Gasteiger partial charge in [-0.15, -0.1) is 0 Å². The SMILES string of the molecule is O=C(O)c1cccc(-n2c(/C=C/c3ccc([N+](=O)[O-])cc3)nc3ccccc3c2=O)c1. The Bertz CT molecular complexity index is 1410. The number of benzene rings is 3. The summed E-state index contributed by atoms with van der Waals surface area (Å²) in [5.74, 6) is -0.809. The van der Waals surface area contributed by atoms with E-state index in [0.717, 1.165) is 0 Å². The fourth-order valence-corrected chi connectivity index (χ4v) is 3.17. The second-order valence-electron chi connectivity index (χ2n) is 6.67. The van der Waals surface area contributed by atoms with Crippen LogP contribution in [0.3, 0.4) is 0 Å². The van der Waals surface area contributed by atoms with Crippen LogP contribution in [-0.2, 0) is 0 Å². The molecule has 0 spiro atoms. The van der Waals surface area contributed by atoms with Gasteiger partial charge < -0.3 is 5.11 Å². The van der Waals surface area contributed by atoms with Gasteiger partial charge in [-0.25, -0.2) is 9.78 Å². The van der Waals surface area contributed by atoms with Gasteiger partial charge in [0.2, 0.25) is 0 Å². The summed E-state index contributed by atoms with van der Waals surface area (Å²) >= 11 is 0. The minimum Gasteiger partial charge on any atom is -0.478 e. The summed E-state index contributed by atoms with van der Waals surface area (Å²) < 4.78 is 1.34. The summed E-state index contributed by atoms with van der Waals surface area (Å²) in [6.45, 7) is 0. The fraction of sp³-hybridized carbons (Fsp3) is 0. The fourth-order valence-electron chi connectivity index (χ4n) is 3.17. The van der Waals surface area contributed by atoms with Gasteiger partial charge in [-0.3, -0.25) is 19.5 Å². The number of nitro groups is 1. The highest BCUT2D eigenvalue weighted by Gasteiger charge is 2.13. The maximum atomic E-state index is 13.2. The Morgan fingerprint density at radius 1 is 1.00 bits per heavy atom. The number of nitro benzene ring substituents is 1. The van der Waals surface area contributed by atoms with Crippen LogP contribution in [0.5, 0.6) is 0 Å². The number of aromatic nitrogens is 2. The molecule has 0 amide bonds. The smallest absolute Gasteiger partial charge is 0.335 e. The Morgan fingerprint density at radius 3 is 2.45 bits per heavy atom. The van der Waals surface area contributed by atoms with Crippen LogP contribution < -0.4 is 5.56 Å². The van der Waals surface area contributed by atoms with E-state index in [1.165, 1.54) is 28.8 Å². The predicted molar refractivity (Wildman–Crippen MR) is 116 cm³/mol. The first-order valence-electron chi connectivity index (χ1n) is 9.22. The molecule has 0 saturated carbocycles. The lowest BCUT2D eigenvalue weighted by molar-refractivity contribution is -0.384. The number of fused-ring (bicyclic) bond motifs is 1. The van der Waals surface area contributed by atoms with E-state index < -0.39 is 10.9 Å². The van der Waals surface area contributed by atoms with Crippen molar-refractivity contribution in [2.75, 3.05) is 0 Å². The zero-order valence-electron chi connectivity index (χ0n) is 16.0. The van der Waals surface area contributed by atoms with Crippen molar-refractivity contribution < 1.29 is 14.8 Å². The Morgan fingerprint density at radius 2 is 1.74 bits per heavy atom. The van der Waals surface area contributed by atoms with Gasteiger partial charge in [-0.1, -0.05) is 24.3 Å². The Kier molecular flexibility index (Phi) is 5.11. The molecule has 3 aromatic carbocycles. The molecule has 0 aliphatic rings. The second kappa shape index (κ2) is 8.03. The molecule has 1 aromatic heterocycles. The summed E-state index contributed by atoms with van der Waals surface area (Å²) in [4.78, 5) is 39.5. The average Bonchev–Trinajstić information content (AvgIpc) is 2.78. The van der Waals surface area contributed by atoms with Crippen LogP contribution in [0, 0.1) is 10.1 Å². The molecular formula is C23H15N3O5. The highest BCUT2D eigenvalue weighted by atomic mass is 16.6. The van der Waals surface area contributed by atoms with Gasteiger partial charge in [0.1, 0.15) is 5.82 Å². The van der Waals surface area contributed by atoms with Crippen molar-refractivity contribution in [2.45, 2.75) is 0 Å². The maximum Gasteiger partial charge on any atom is 0.335 e. The monoisotopic (exact) mass is 413 g/mol. The third-order valence-corrected chi connectivity index (χ3v) is 4.68. The van der Waals surface area contributed by atoms with E-state index in [9.17, 15) is 24.8 Å². The van der Waals surface area contributed by atoms with Gasteiger partial charge in [0.15, 0.2) is 0 Å². The van der Waals surface area contributed by atoms with Crippen LogP contribution >= 0.6 is 0 Å². The van der Waals surface area contributed by atoms with Gasteiger partial charge in [0, 0.05) is 12.1 Å². The van der Waals surface area contributed by atoms with Crippen LogP contribution in [0.15, 0.2) is 77.6 Å². The summed E-state index contributed by atoms with van der Waals surface area (Å²) in [5.41, 5.74) is 1.23. The van der Waals surface area contributed by atoms with Gasteiger partial charge in [0.25, 0.3) is 11.2 Å². The first-order valence-corrected chi connectivity index (χ1v) is 9.22. The summed E-state index contributed by atoms with van der Waals surface area (Å²) in [5, 5.41) is 20.5. The van der Waals surface area contributed by atoms with Crippen molar-refractivity contribution >= 4 is 34.7 Å². The average molecular weight is 413 g/mol. The minimum absolute atomic E-state index is 0.0247. The first-order chi connectivity index (χ1) is 14.9. The zero-order chi connectivity index (χ0) is 22.0. The van der Waals surface area contributed by atoms with Gasteiger partial charge in [-0.2, -0.15) is 0 Å². The van der Waals surface area contributed by atoms with E-state index in [1.807, 2.05) is 0 Å². The molecule has 4 rings (SSSR count). The highest BCUT2D eigenvalue weighted by molar-refractivity contribution is 5.88. The number of carbonyl (C=O) groups is 1. The van der Waals surface area contributed by atoms with Crippen molar-refractivity contribution in [3.8, 4) is 5.69 Å². The standard InChI is InChI=1S/C23H15N3O5/c27-22-19-6-1-2-7-20(19)24-21(13-10-15-8-11-17(12-9-15)26(30)31)25(22)18-5-3-4-16(14-18)23(28)29/h1-14H,(H,28,29)/b13-10+. The molecule has 0 saturated heterocycles. The molecule has 31 heavy (non-hydrogen) atoms. The number of rotatable bonds is 5. The Hall–Kier alpha value is -4.59. The lowest BCUT2D eigenvalue weighted by Crippen LogP contribution is -2.22. The molecule has 0 bridgehead atoms. The van der Waals surface area contributed by atoms with Crippen LogP contribution in [0.4, 0.5) is 5.69 Å². The summed E-state index contributed by atoms with van der Waals surface area (Å²) in [7, 11) is 0. The van der Waals surface area contributed by atoms with E-state index in [2.05, 4.69) is 4.98 Å². The topological polar surface area (TPSA) is 115 Å². The number of carboxylic acids is 1. The van der Waals surface area contributed by atoms with Crippen molar-refractivity contribution in [3.63, 3.8) is 0 Å². The van der Waals surface area contributed by atoms with Crippen LogP contribution in [0.25, 0.3) is 28.7 Å². The molecule has 0 atom stereocenters. The second-order valence-corrected chi connectivity index (χ2v) is 6.67. The maximum absolute atomic E-state index is 13.2. The molecular weight excluding hydrogens is 398 g/mol. The van der Waals surface area contributed by atoms with Crippen molar-refractivity contribution in [1.82, 2.24) is 9.55 Å². The molecule has 4 aromatic rings. The van der Waals surface area contributed by atoms with Crippen molar-refractivity contribution in [2.24, 2.45) is 0 Å². The van der Waals surface area contributed by atoms with E-state index in [1.54, 1.807) is 60.7 Å². The summed E-state index contributed by atoms with van der Waals surface area (Å²) in [6, 6.07) is 18.9. The molecule has 0 unspecified atom stereocenters. The number of aromatic carboxylic acids is 1. The van der Waals surface area contributed by atoms with E-state index >= 15 is 0 Å². The van der Waals surface area contributed by atoms with Gasteiger partial charge >= 0.3 is 5.97 Å². The van der Waals surface area contributed by atoms with E-state index in [0.29, 0.717) is 28.0 Å². The number of hydrogen-bond acceptors (Lipinski definition) is 5. The first kappa shape index (κ1) is 19.7. The number of hydrogen-bond donors (Lipinski definition) is 1. The van der Waals surface area contributed by atoms with Crippen LogP contribution in [0.2, 0.25) is 0 Å². The Balaban J connectivity index is 1.88. The number of nitrogens with zero attached hydrogens (tertiary/aromatic N) is 3. The molecule has 0 aliphatic carbocycles. The third-order valence-electron chi connectivity index (χ3n) is 4.68. The van der Waals surface area contributed by atoms with Crippen LogP contribution in [-0.4, -0.2) is 25.6 Å².